The van der Waals surface area contributed by atoms with Gasteiger partial charge in [0.05, 0.1) is 5.92 Å². The zero-order chi connectivity index (χ0) is 12.4. The van der Waals surface area contributed by atoms with E-state index in [0.29, 0.717) is 36.6 Å². The van der Waals surface area contributed by atoms with Crippen LogP contribution in [0, 0.1) is 11.7 Å². The minimum atomic E-state index is -0.785. The van der Waals surface area contributed by atoms with Crippen LogP contribution in [0.2, 0.25) is 5.02 Å². The normalized spacial score (nSPS) is 20.7. The van der Waals surface area contributed by atoms with Gasteiger partial charge in [0.25, 0.3) is 0 Å². The largest absolute Gasteiger partial charge is 0.481 e. The van der Waals surface area contributed by atoms with E-state index in [1.165, 1.54) is 6.07 Å². The molecule has 0 aliphatic carbocycles. The molecule has 1 fully saturated rings. The fourth-order valence-electron chi connectivity index (χ4n) is 2.08. The third-order valence-electron chi connectivity index (χ3n) is 3.07. The van der Waals surface area contributed by atoms with E-state index >= 15 is 0 Å². The smallest absolute Gasteiger partial charge is 0.307 e. The van der Waals surface area contributed by atoms with Crippen molar-refractivity contribution in [3.8, 4) is 0 Å². The van der Waals surface area contributed by atoms with Crippen molar-refractivity contribution in [3.05, 3.63) is 34.6 Å². The Hall–Kier alpha value is -1.13. The number of aliphatic carboxylic acids is 1. The van der Waals surface area contributed by atoms with Gasteiger partial charge in [0.2, 0.25) is 0 Å². The zero-order valence-electron chi connectivity index (χ0n) is 9.20. The molecular weight excluding hydrogens is 245 g/mol. The van der Waals surface area contributed by atoms with Crippen LogP contribution in [0.25, 0.3) is 0 Å². The average molecular weight is 258 g/mol. The third-order valence-corrected chi connectivity index (χ3v) is 3.42. The molecule has 1 heterocycles. The number of hydrogen-bond donors (Lipinski definition) is 1. The van der Waals surface area contributed by atoms with Crippen LogP contribution in [0.3, 0.4) is 0 Å². The zero-order valence-corrected chi connectivity index (χ0v) is 9.95. The summed E-state index contributed by atoms with van der Waals surface area (Å²) in [5.41, 5.74) is 0.445. The Bertz CT molecular complexity index is 418. The van der Waals surface area contributed by atoms with Crippen molar-refractivity contribution in [3.63, 3.8) is 0 Å². The van der Waals surface area contributed by atoms with Crippen molar-refractivity contribution < 1.29 is 14.3 Å². The maximum Gasteiger partial charge on any atom is 0.307 e. The Labute approximate surface area is 104 Å². The van der Waals surface area contributed by atoms with E-state index in [4.69, 9.17) is 16.7 Å². The van der Waals surface area contributed by atoms with Gasteiger partial charge in [-0.1, -0.05) is 17.7 Å². The molecule has 0 saturated carbocycles. The maximum atomic E-state index is 13.5. The van der Waals surface area contributed by atoms with Gasteiger partial charge in [-0.3, -0.25) is 9.69 Å². The predicted molar refractivity (Wildman–Crippen MR) is 62.4 cm³/mol. The highest BCUT2D eigenvalue weighted by Crippen LogP contribution is 2.24. The molecule has 3 nitrogen and oxygen atoms in total. The number of rotatable bonds is 3. The second-order valence-corrected chi connectivity index (χ2v) is 4.67. The van der Waals surface area contributed by atoms with E-state index in [1.807, 2.05) is 4.90 Å². The lowest BCUT2D eigenvalue weighted by Gasteiger charge is -2.16. The van der Waals surface area contributed by atoms with Gasteiger partial charge in [-0.05, 0) is 25.1 Å². The molecule has 0 unspecified atom stereocenters. The second-order valence-electron chi connectivity index (χ2n) is 4.26. The first kappa shape index (κ1) is 12.3. The number of carboxylic acids is 1. The van der Waals surface area contributed by atoms with Crippen LogP contribution in [-0.4, -0.2) is 29.1 Å². The Morgan fingerprint density at radius 2 is 2.35 bits per heavy atom. The molecule has 5 heteroatoms. The van der Waals surface area contributed by atoms with Crippen LogP contribution >= 0.6 is 11.6 Å². The van der Waals surface area contributed by atoms with Gasteiger partial charge in [0.15, 0.2) is 0 Å². The van der Waals surface area contributed by atoms with Crippen molar-refractivity contribution in [1.29, 1.82) is 0 Å². The standard InChI is InChI=1S/C12H13ClFNO2/c13-10-2-1-3-11(14)9(10)7-15-5-4-8(6-15)12(16)17/h1-3,8H,4-7H2,(H,16,17)/t8-/m0/s1. The highest BCUT2D eigenvalue weighted by molar-refractivity contribution is 6.31. The molecule has 1 aliphatic heterocycles. The van der Waals surface area contributed by atoms with Crippen LogP contribution in [0.4, 0.5) is 4.39 Å². The first-order valence-electron chi connectivity index (χ1n) is 5.46. The van der Waals surface area contributed by atoms with Crippen molar-refractivity contribution in [2.45, 2.75) is 13.0 Å². The molecule has 1 N–H and O–H groups in total. The molecule has 0 bridgehead atoms. The van der Waals surface area contributed by atoms with Gasteiger partial charge in [-0.15, -0.1) is 0 Å². The number of carbonyl (C=O) groups is 1. The van der Waals surface area contributed by atoms with Gasteiger partial charge in [0.1, 0.15) is 5.82 Å². The van der Waals surface area contributed by atoms with Gasteiger partial charge < -0.3 is 5.11 Å². The fraction of sp³-hybridized carbons (Fsp3) is 0.417. The van der Waals surface area contributed by atoms with Crippen molar-refractivity contribution >= 4 is 17.6 Å². The van der Waals surface area contributed by atoms with E-state index < -0.39 is 5.97 Å². The molecular formula is C12H13ClFNO2. The van der Waals surface area contributed by atoms with E-state index in [-0.39, 0.29) is 11.7 Å². The van der Waals surface area contributed by atoms with E-state index in [0.717, 1.165) is 0 Å². The van der Waals surface area contributed by atoms with Gasteiger partial charge in [-0.2, -0.15) is 0 Å². The van der Waals surface area contributed by atoms with Crippen LogP contribution < -0.4 is 0 Å². The Kier molecular flexibility index (Phi) is 3.64. The summed E-state index contributed by atoms with van der Waals surface area (Å²) in [7, 11) is 0. The van der Waals surface area contributed by atoms with Gasteiger partial charge in [0, 0.05) is 23.7 Å². The number of benzene rings is 1. The fourth-order valence-corrected chi connectivity index (χ4v) is 2.31. The van der Waals surface area contributed by atoms with Gasteiger partial charge >= 0.3 is 5.97 Å². The van der Waals surface area contributed by atoms with E-state index in [9.17, 15) is 9.18 Å². The lowest BCUT2D eigenvalue weighted by molar-refractivity contribution is -0.141. The Morgan fingerprint density at radius 3 is 2.94 bits per heavy atom. The SMILES string of the molecule is O=C(O)[C@H]1CCN(Cc2c(F)cccc2Cl)C1. The minimum Gasteiger partial charge on any atom is -0.481 e. The monoisotopic (exact) mass is 257 g/mol. The maximum absolute atomic E-state index is 13.5. The quantitative estimate of drug-likeness (QED) is 0.904. The molecule has 1 aromatic rings. The van der Waals surface area contributed by atoms with Gasteiger partial charge in [-0.25, -0.2) is 4.39 Å². The molecule has 1 aromatic carbocycles. The first-order valence-corrected chi connectivity index (χ1v) is 5.84. The van der Waals surface area contributed by atoms with Crippen LogP contribution in [-0.2, 0) is 11.3 Å². The summed E-state index contributed by atoms with van der Waals surface area (Å²) in [6, 6.07) is 4.57. The van der Waals surface area contributed by atoms with E-state index in [2.05, 4.69) is 0 Å². The van der Waals surface area contributed by atoms with Crippen LogP contribution in [0.1, 0.15) is 12.0 Å². The number of nitrogens with zero attached hydrogens (tertiary/aromatic N) is 1. The van der Waals surface area contributed by atoms with Crippen molar-refractivity contribution in [1.82, 2.24) is 4.90 Å². The summed E-state index contributed by atoms with van der Waals surface area (Å²) in [5.74, 6) is -1.47. The predicted octanol–water partition coefficient (Wildman–Crippen LogP) is 2.39. The molecule has 0 radical (unpaired) electrons. The number of halogens is 2. The summed E-state index contributed by atoms with van der Waals surface area (Å²) in [4.78, 5) is 12.7. The van der Waals surface area contributed by atoms with E-state index in [1.54, 1.807) is 12.1 Å². The Morgan fingerprint density at radius 1 is 1.59 bits per heavy atom. The summed E-state index contributed by atoms with van der Waals surface area (Å²) in [6.45, 7) is 1.50. The lowest BCUT2D eigenvalue weighted by atomic mass is 10.1. The number of likely N-dealkylation sites (tertiary alicyclic amines) is 1. The van der Waals surface area contributed by atoms with Crippen LogP contribution in [0.5, 0.6) is 0 Å². The van der Waals surface area contributed by atoms with Crippen molar-refractivity contribution in [2.75, 3.05) is 13.1 Å². The molecule has 1 saturated heterocycles. The topological polar surface area (TPSA) is 40.5 Å². The van der Waals surface area contributed by atoms with Crippen LogP contribution in [0.15, 0.2) is 18.2 Å². The molecule has 0 aromatic heterocycles. The summed E-state index contributed by atoms with van der Waals surface area (Å²) in [5, 5.41) is 9.27. The minimum absolute atomic E-state index is 0.337. The summed E-state index contributed by atoms with van der Waals surface area (Å²) < 4.78 is 13.5. The first-order chi connectivity index (χ1) is 8.08. The highest BCUT2D eigenvalue weighted by Gasteiger charge is 2.28. The molecule has 1 aliphatic rings. The number of hydrogen-bond acceptors (Lipinski definition) is 2. The molecule has 17 heavy (non-hydrogen) atoms. The second kappa shape index (κ2) is 5.02. The molecule has 0 amide bonds. The average Bonchev–Trinajstić information content (AvgIpc) is 2.72. The van der Waals surface area contributed by atoms with Crippen molar-refractivity contribution in [2.24, 2.45) is 5.92 Å². The Balaban J connectivity index is 2.05. The third kappa shape index (κ3) is 2.76. The highest BCUT2D eigenvalue weighted by atomic mass is 35.5. The molecule has 92 valence electrons. The summed E-state index contributed by atoms with van der Waals surface area (Å²) in [6.07, 6.45) is 0.613. The number of carboxylic acid groups (broad SMARTS) is 1. The molecule has 2 rings (SSSR count). The lowest BCUT2D eigenvalue weighted by Crippen LogP contribution is -2.23. The molecule has 0 spiro atoms. The summed E-state index contributed by atoms with van der Waals surface area (Å²) >= 11 is 5.92. The molecule has 1 atom stereocenters.